The fourth-order valence-corrected chi connectivity index (χ4v) is 2.07. The molecule has 0 saturated carbocycles. The Bertz CT molecular complexity index is 474. The molecule has 0 aromatic heterocycles. The van der Waals surface area contributed by atoms with E-state index in [4.69, 9.17) is 10.8 Å². The van der Waals surface area contributed by atoms with Crippen LogP contribution in [0.4, 0.5) is 0 Å². The first-order valence-electron chi connectivity index (χ1n) is 6.07. The zero-order chi connectivity index (χ0) is 13.0. The van der Waals surface area contributed by atoms with Crippen molar-refractivity contribution in [2.75, 3.05) is 0 Å². The molecule has 1 unspecified atom stereocenters. The number of carboxylic acids is 1. The highest BCUT2D eigenvalue weighted by Crippen LogP contribution is 2.24. The molecular formula is C15H17NO2. The molecule has 1 aromatic rings. The first-order chi connectivity index (χ1) is 8.66. The quantitative estimate of drug-likeness (QED) is 0.852. The Morgan fingerprint density at radius 1 is 1.33 bits per heavy atom. The van der Waals surface area contributed by atoms with E-state index in [9.17, 15) is 4.79 Å². The summed E-state index contributed by atoms with van der Waals surface area (Å²) < 4.78 is 0. The van der Waals surface area contributed by atoms with Crippen LogP contribution in [0.3, 0.4) is 0 Å². The van der Waals surface area contributed by atoms with Crippen LogP contribution in [0.5, 0.6) is 0 Å². The Labute approximate surface area is 107 Å². The zero-order valence-electron chi connectivity index (χ0n) is 10.1. The Morgan fingerprint density at radius 2 is 2.06 bits per heavy atom. The largest absolute Gasteiger partial charge is 0.480 e. The number of rotatable bonds is 4. The fourth-order valence-electron chi connectivity index (χ4n) is 2.07. The van der Waals surface area contributed by atoms with Gasteiger partial charge in [0.05, 0.1) is 0 Å². The van der Waals surface area contributed by atoms with Gasteiger partial charge in [-0.3, -0.25) is 4.79 Å². The van der Waals surface area contributed by atoms with E-state index >= 15 is 0 Å². The van der Waals surface area contributed by atoms with E-state index in [1.807, 2.05) is 12.1 Å². The second kappa shape index (κ2) is 5.65. The minimum atomic E-state index is -0.959. The van der Waals surface area contributed by atoms with Gasteiger partial charge in [-0.25, -0.2) is 0 Å². The lowest BCUT2D eigenvalue weighted by atomic mass is 9.91. The molecule has 0 radical (unpaired) electrons. The van der Waals surface area contributed by atoms with Crippen molar-refractivity contribution in [3.05, 3.63) is 59.7 Å². The molecule has 0 fully saturated rings. The minimum absolute atomic E-state index is 0.371. The van der Waals surface area contributed by atoms with Crippen LogP contribution < -0.4 is 5.73 Å². The minimum Gasteiger partial charge on any atom is -0.480 e. The normalized spacial score (nSPS) is 19.7. The summed E-state index contributed by atoms with van der Waals surface area (Å²) in [6.07, 6.45) is 9.83. The van der Waals surface area contributed by atoms with Crippen molar-refractivity contribution in [1.29, 1.82) is 0 Å². The third kappa shape index (κ3) is 3.08. The molecule has 3 nitrogen and oxygen atoms in total. The molecule has 0 bridgehead atoms. The number of hydrogen-bond donors (Lipinski definition) is 2. The SMILES string of the molecule is N[C@@H](Cc1ccc(C2C=CC=CC2)cc1)C(=O)O. The predicted octanol–water partition coefficient (Wildman–Crippen LogP) is 2.24. The summed E-state index contributed by atoms with van der Waals surface area (Å²) in [7, 11) is 0. The van der Waals surface area contributed by atoms with E-state index in [1.54, 1.807) is 0 Å². The highest BCUT2D eigenvalue weighted by Gasteiger charge is 2.13. The molecule has 3 heteroatoms. The molecule has 1 aliphatic carbocycles. The second-order valence-electron chi connectivity index (χ2n) is 4.55. The van der Waals surface area contributed by atoms with Gasteiger partial charge in [-0.15, -0.1) is 0 Å². The van der Waals surface area contributed by atoms with E-state index in [-0.39, 0.29) is 0 Å². The molecule has 1 aromatic carbocycles. The third-order valence-electron chi connectivity index (χ3n) is 3.16. The summed E-state index contributed by atoms with van der Waals surface area (Å²) in [5, 5.41) is 8.76. The predicted molar refractivity (Wildman–Crippen MR) is 71.4 cm³/mol. The van der Waals surface area contributed by atoms with Crippen molar-refractivity contribution in [2.45, 2.75) is 24.8 Å². The maximum absolute atomic E-state index is 10.7. The van der Waals surface area contributed by atoms with Gasteiger partial charge in [0.15, 0.2) is 0 Å². The number of aliphatic carboxylic acids is 1. The third-order valence-corrected chi connectivity index (χ3v) is 3.16. The van der Waals surface area contributed by atoms with Gasteiger partial charge in [0.1, 0.15) is 6.04 Å². The molecule has 2 atom stereocenters. The molecule has 0 spiro atoms. The average Bonchev–Trinajstić information content (AvgIpc) is 2.40. The van der Waals surface area contributed by atoms with Crippen LogP contribution in [0.25, 0.3) is 0 Å². The standard InChI is InChI=1S/C15H17NO2/c16-14(15(17)18)10-11-6-8-13(9-7-11)12-4-2-1-3-5-12/h1-4,6-9,12,14H,5,10,16H2,(H,17,18)/t12?,14-/m0/s1. The lowest BCUT2D eigenvalue weighted by Crippen LogP contribution is -2.32. The van der Waals surface area contributed by atoms with Crippen LogP contribution in [0, 0.1) is 0 Å². The van der Waals surface area contributed by atoms with Gasteiger partial charge < -0.3 is 10.8 Å². The summed E-state index contributed by atoms with van der Waals surface area (Å²) in [6.45, 7) is 0. The summed E-state index contributed by atoms with van der Waals surface area (Å²) in [5.41, 5.74) is 7.72. The molecule has 1 aliphatic rings. The number of carbonyl (C=O) groups is 1. The highest BCUT2D eigenvalue weighted by molar-refractivity contribution is 5.73. The highest BCUT2D eigenvalue weighted by atomic mass is 16.4. The topological polar surface area (TPSA) is 63.3 Å². The van der Waals surface area contributed by atoms with Crippen molar-refractivity contribution in [3.8, 4) is 0 Å². The van der Waals surface area contributed by atoms with E-state index in [2.05, 4.69) is 36.4 Å². The van der Waals surface area contributed by atoms with Crippen LogP contribution in [-0.4, -0.2) is 17.1 Å². The lowest BCUT2D eigenvalue weighted by molar-refractivity contribution is -0.138. The molecule has 18 heavy (non-hydrogen) atoms. The van der Waals surface area contributed by atoms with Gasteiger partial charge >= 0.3 is 5.97 Å². The Kier molecular flexibility index (Phi) is 3.95. The van der Waals surface area contributed by atoms with Gasteiger partial charge in [-0.05, 0) is 24.0 Å². The molecular weight excluding hydrogens is 226 g/mol. The second-order valence-corrected chi connectivity index (χ2v) is 4.55. The number of nitrogens with two attached hydrogens (primary N) is 1. The van der Waals surface area contributed by atoms with Crippen molar-refractivity contribution < 1.29 is 9.90 Å². The van der Waals surface area contributed by atoms with Crippen LogP contribution >= 0.6 is 0 Å². The van der Waals surface area contributed by atoms with Crippen LogP contribution in [-0.2, 0) is 11.2 Å². The van der Waals surface area contributed by atoms with E-state index in [1.165, 1.54) is 5.56 Å². The van der Waals surface area contributed by atoms with Crippen LogP contribution in [0.2, 0.25) is 0 Å². The Morgan fingerprint density at radius 3 is 2.61 bits per heavy atom. The summed E-state index contributed by atoms with van der Waals surface area (Å²) in [4.78, 5) is 10.7. The molecule has 2 rings (SSSR count). The smallest absolute Gasteiger partial charge is 0.320 e. The molecule has 94 valence electrons. The number of benzene rings is 1. The summed E-state index contributed by atoms with van der Waals surface area (Å²) >= 11 is 0. The van der Waals surface area contributed by atoms with Crippen molar-refractivity contribution >= 4 is 5.97 Å². The van der Waals surface area contributed by atoms with Gasteiger partial charge in [0.25, 0.3) is 0 Å². The van der Waals surface area contributed by atoms with E-state index in [0.29, 0.717) is 12.3 Å². The number of allylic oxidation sites excluding steroid dienone is 4. The maximum Gasteiger partial charge on any atom is 0.320 e. The summed E-state index contributed by atoms with van der Waals surface area (Å²) in [6, 6.07) is 7.21. The van der Waals surface area contributed by atoms with E-state index in [0.717, 1.165) is 12.0 Å². The van der Waals surface area contributed by atoms with Crippen molar-refractivity contribution in [3.63, 3.8) is 0 Å². The first-order valence-corrected chi connectivity index (χ1v) is 6.07. The molecule has 3 N–H and O–H groups in total. The molecule has 0 heterocycles. The maximum atomic E-state index is 10.7. The number of carboxylic acid groups (broad SMARTS) is 1. The van der Waals surface area contributed by atoms with Gasteiger partial charge in [0.2, 0.25) is 0 Å². The monoisotopic (exact) mass is 243 g/mol. The molecule has 0 aliphatic heterocycles. The van der Waals surface area contributed by atoms with Crippen LogP contribution in [0.1, 0.15) is 23.5 Å². The van der Waals surface area contributed by atoms with Crippen LogP contribution in [0.15, 0.2) is 48.6 Å². The average molecular weight is 243 g/mol. The van der Waals surface area contributed by atoms with Gasteiger partial charge in [-0.1, -0.05) is 48.6 Å². The lowest BCUT2D eigenvalue weighted by Gasteiger charge is -2.14. The first kappa shape index (κ1) is 12.6. The van der Waals surface area contributed by atoms with Gasteiger partial charge in [0, 0.05) is 5.92 Å². The number of hydrogen-bond acceptors (Lipinski definition) is 2. The summed E-state index contributed by atoms with van der Waals surface area (Å²) in [5.74, 6) is -0.531. The van der Waals surface area contributed by atoms with Gasteiger partial charge in [-0.2, -0.15) is 0 Å². The van der Waals surface area contributed by atoms with Crippen molar-refractivity contribution in [1.82, 2.24) is 0 Å². The molecule has 0 amide bonds. The fraction of sp³-hybridized carbons (Fsp3) is 0.267. The Balaban J connectivity index is 2.03. The molecule has 0 saturated heterocycles. The van der Waals surface area contributed by atoms with E-state index < -0.39 is 12.0 Å². The van der Waals surface area contributed by atoms with Crippen molar-refractivity contribution in [2.24, 2.45) is 5.73 Å². The Hall–Kier alpha value is -1.87. The zero-order valence-corrected chi connectivity index (χ0v) is 10.1.